The van der Waals surface area contributed by atoms with Crippen molar-refractivity contribution in [3.05, 3.63) is 0 Å². The lowest BCUT2D eigenvalue weighted by atomic mass is 10.1. The molecule has 92 valence electrons. The summed E-state index contributed by atoms with van der Waals surface area (Å²) in [4.78, 5) is 0. The number of rotatable bonds is 6. The Bertz CT molecular complexity index is 195. The van der Waals surface area contributed by atoms with E-state index in [9.17, 15) is 10.2 Å². The maximum atomic E-state index is 9.92. The molecule has 0 aliphatic rings. The fourth-order valence-electron chi connectivity index (χ4n) is 1.55. The van der Waals surface area contributed by atoms with Gasteiger partial charge >= 0.3 is 0 Å². The Hall–Kier alpha value is 0.274. The van der Waals surface area contributed by atoms with Crippen LogP contribution in [-0.4, -0.2) is 57.9 Å². The third-order valence-corrected chi connectivity index (χ3v) is 5.41. The van der Waals surface area contributed by atoms with Gasteiger partial charge in [0.2, 0.25) is 0 Å². The highest BCUT2D eigenvalue weighted by atomic mass is 28.4. The van der Waals surface area contributed by atoms with E-state index in [0.29, 0.717) is 16.7 Å². The van der Waals surface area contributed by atoms with Gasteiger partial charge in [0.1, 0.15) is 12.2 Å². The molecule has 0 saturated heterocycles. The number of aliphatic hydroxyl groups is 3. The predicted molar refractivity (Wildman–Crippen MR) is 66.5 cm³/mol. The van der Waals surface area contributed by atoms with Crippen LogP contribution in [0.2, 0.25) is 19.6 Å². The highest BCUT2D eigenvalue weighted by Crippen LogP contribution is 2.24. The first-order chi connectivity index (χ1) is 6.66. The molecule has 0 saturated carbocycles. The van der Waals surface area contributed by atoms with Crippen molar-refractivity contribution in [3.8, 4) is 0 Å². The molecule has 0 heterocycles. The molecule has 0 rings (SSSR count). The van der Waals surface area contributed by atoms with Crippen molar-refractivity contribution >= 4 is 18.6 Å². The lowest BCUT2D eigenvalue weighted by Crippen LogP contribution is -2.56. The first-order valence-electron chi connectivity index (χ1n) is 5.33. The molecule has 0 spiro atoms. The van der Waals surface area contributed by atoms with E-state index in [4.69, 9.17) is 9.53 Å². The summed E-state index contributed by atoms with van der Waals surface area (Å²) in [5, 5.41) is 27.5. The zero-order valence-corrected chi connectivity index (χ0v) is 13.3. The van der Waals surface area contributed by atoms with Crippen molar-refractivity contribution in [2.75, 3.05) is 6.61 Å². The molecule has 0 fully saturated rings. The van der Waals surface area contributed by atoms with Crippen molar-refractivity contribution in [3.63, 3.8) is 0 Å². The van der Waals surface area contributed by atoms with E-state index in [1.165, 1.54) is 0 Å². The minimum Gasteiger partial charge on any atom is -0.413 e. The molecule has 0 radical (unpaired) electrons. The lowest BCUT2D eigenvalue weighted by molar-refractivity contribution is -0.0892. The smallest absolute Gasteiger partial charge is 0.184 e. The lowest BCUT2D eigenvalue weighted by Gasteiger charge is -2.40. The van der Waals surface area contributed by atoms with Crippen molar-refractivity contribution in [1.29, 1.82) is 0 Å². The zero-order valence-electron chi connectivity index (χ0n) is 10.3. The molecular weight excluding hydrogens is 228 g/mol. The van der Waals surface area contributed by atoms with Crippen LogP contribution in [0.25, 0.3) is 0 Å². The van der Waals surface area contributed by atoms with Crippen LogP contribution in [0.5, 0.6) is 0 Å². The van der Waals surface area contributed by atoms with Crippen LogP contribution in [0.15, 0.2) is 0 Å². The van der Waals surface area contributed by atoms with E-state index in [1.54, 1.807) is 0 Å². The Morgan fingerprint density at radius 1 is 1.33 bits per heavy atom. The van der Waals surface area contributed by atoms with Crippen LogP contribution in [0.3, 0.4) is 0 Å². The van der Waals surface area contributed by atoms with Crippen LogP contribution < -0.4 is 0 Å². The Morgan fingerprint density at radius 3 is 2.07 bits per heavy atom. The minimum absolute atomic E-state index is 0.430. The van der Waals surface area contributed by atoms with E-state index in [1.807, 2.05) is 26.6 Å². The fourth-order valence-corrected chi connectivity index (χ4v) is 5.43. The summed E-state index contributed by atoms with van der Waals surface area (Å²) < 4.78 is 5.94. The summed E-state index contributed by atoms with van der Waals surface area (Å²) in [6.45, 7) is 7.65. The van der Waals surface area contributed by atoms with Gasteiger partial charge in [-0.1, -0.05) is 6.92 Å². The van der Waals surface area contributed by atoms with Gasteiger partial charge in [-0.2, -0.15) is 0 Å². The fraction of sp³-hybridized carbons (Fsp3) is 1.00. The van der Waals surface area contributed by atoms with Crippen molar-refractivity contribution in [2.45, 2.75) is 50.4 Å². The van der Waals surface area contributed by atoms with Gasteiger partial charge in [-0.15, -0.1) is 0 Å². The topological polar surface area (TPSA) is 69.9 Å². The molecule has 0 aromatic heterocycles. The second-order valence-electron chi connectivity index (χ2n) is 5.08. The average Bonchev–Trinajstić information content (AvgIpc) is 2.12. The van der Waals surface area contributed by atoms with Gasteiger partial charge in [0.05, 0.1) is 11.8 Å². The Kier molecular flexibility index (Phi) is 5.66. The van der Waals surface area contributed by atoms with Crippen LogP contribution in [0, 0.1) is 0 Å². The average molecular weight is 252 g/mol. The second kappa shape index (κ2) is 5.56. The Balaban J connectivity index is 4.69. The molecule has 6 heteroatoms. The highest BCUT2D eigenvalue weighted by molar-refractivity contribution is 6.70. The normalized spacial score (nSPS) is 21.0. The molecule has 0 aromatic carbocycles. The maximum absolute atomic E-state index is 9.92. The molecule has 0 aliphatic carbocycles. The quantitative estimate of drug-likeness (QED) is 0.532. The molecule has 15 heavy (non-hydrogen) atoms. The van der Waals surface area contributed by atoms with Gasteiger partial charge in [0.15, 0.2) is 8.32 Å². The first-order valence-corrected chi connectivity index (χ1v) is 9.74. The van der Waals surface area contributed by atoms with Gasteiger partial charge in [-0.05, 0) is 26.1 Å². The van der Waals surface area contributed by atoms with Gasteiger partial charge < -0.3 is 19.7 Å². The van der Waals surface area contributed by atoms with E-state index in [0.717, 1.165) is 0 Å². The summed E-state index contributed by atoms with van der Waals surface area (Å²) >= 11 is 0. The third-order valence-electron chi connectivity index (χ3n) is 2.42. The van der Waals surface area contributed by atoms with Gasteiger partial charge in [0.25, 0.3) is 0 Å². The van der Waals surface area contributed by atoms with E-state index < -0.39 is 32.4 Å². The Morgan fingerprint density at radius 2 is 1.80 bits per heavy atom. The molecule has 3 N–H and O–H groups in total. The number of hydrogen-bond acceptors (Lipinski definition) is 4. The van der Waals surface area contributed by atoms with E-state index in [-0.39, 0.29) is 0 Å². The second-order valence-corrected chi connectivity index (χ2v) is 11.2. The predicted octanol–water partition coefficient (Wildman–Crippen LogP) is -0.976. The summed E-state index contributed by atoms with van der Waals surface area (Å²) in [6.07, 6.45) is -1.45. The number of aliphatic hydroxyl groups excluding tert-OH is 3. The summed E-state index contributed by atoms with van der Waals surface area (Å²) in [5.74, 6) is 0. The molecule has 0 aromatic rings. The molecule has 4 nitrogen and oxygen atoms in total. The van der Waals surface area contributed by atoms with Crippen LogP contribution >= 0.6 is 0 Å². The van der Waals surface area contributed by atoms with Crippen molar-refractivity contribution in [1.82, 2.24) is 0 Å². The molecule has 3 unspecified atom stereocenters. The third kappa shape index (κ3) is 4.75. The number of hydrogen-bond donors (Lipinski definition) is 3. The SMILES string of the molecule is CCC([SiH3])(O[Si](C)(C)C)C(O)C(O)CO. The summed E-state index contributed by atoms with van der Waals surface area (Å²) in [7, 11) is -1.13. The molecule has 0 aliphatic heterocycles. The Labute approximate surface area is 95.8 Å². The van der Waals surface area contributed by atoms with E-state index in [2.05, 4.69) is 0 Å². The largest absolute Gasteiger partial charge is 0.413 e. The summed E-state index contributed by atoms with van der Waals surface area (Å²) in [5.41, 5.74) is 0. The maximum Gasteiger partial charge on any atom is 0.184 e. The molecule has 3 atom stereocenters. The highest BCUT2D eigenvalue weighted by Gasteiger charge is 2.39. The standard InChI is InChI=1S/C9H24O4Si2/c1-5-9(14,13-15(2,3)4)8(12)7(11)6-10/h7-8,10-12H,5-6H2,1-4,14H3. The van der Waals surface area contributed by atoms with E-state index >= 15 is 0 Å². The first kappa shape index (κ1) is 15.3. The molecule has 0 bridgehead atoms. The van der Waals surface area contributed by atoms with Gasteiger partial charge in [-0.25, -0.2) is 0 Å². The van der Waals surface area contributed by atoms with Crippen molar-refractivity contribution in [2.24, 2.45) is 0 Å². The van der Waals surface area contributed by atoms with Crippen molar-refractivity contribution < 1.29 is 19.7 Å². The minimum atomic E-state index is -1.75. The molecular formula is C9H24O4Si2. The monoisotopic (exact) mass is 252 g/mol. The zero-order chi connectivity index (χ0) is 12.3. The summed E-state index contributed by atoms with van der Waals surface area (Å²) in [6, 6.07) is 0. The van der Waals surface area contributed by atoms with Gasteiger partial charge in [0, 0.05) is 10.2 Å². The molecule has 0 amide bonds. The van der Waals surface area contributed by atoms with Gasteiger partial charge in [-0.3, -0.25) is 0 Å². The van der Waals surface area contributed by atoms with Crippen LogP contribution in [0.1, 0.15) is 13.3 Å². The van der Waals surface area contributed by atoms with Crippen LogP contribution in [0.4, 0.5) is 0 Å². The van der Waals surface area contributed by atoms with Crippen LogP contribution in [-0.2, 0) is 4.43 Å².